The van der Waals surface area contributed by atoms with Gasteiger partial charge in [-0.05, 0) is 156 Å². The molecule has 0 amide bonds. The third-order valence-electron chi connectivity index (χ3n) is 13.0. The fraction of sp³-hybridized carbons (Fsp3) is 0.0667. The van der Waals surface area contributed by atoms with Gasteiger partial charge in [-0.15, -0.1) is 0 Å². The van der Waals surface area contributed by atoms with Crippen molar-refractivity contribution >= 4 is 99.5 Å². The Morgan fingerprint density at radius 2 is 0.797 bits per heavy atom. The van der Waals surface area contributed by atoms with Crippen molar-refractivity contribution in [3.05, 3.63) is 216 Å². The molecule has 0 bridgehead atoms. The first-order valence-electron chi connectivity index (χ1n) is 22.0. The van der Waals surface area contributed by atoms with Crippen LogP contribution in [-0.4, -0.2) is 0 Å². The average Bonchev–Trinajstić information content (AvgIpc) is 3.86. The maximum atomic E-state index is 7.05. The molecule has 306 valence electrons. The van der Waals surface area contributed by atoms with Gasteiger partial charge in [-0.1, -0.05) is 115 Å². The number of nitrogens with zero attached hydrogens (tertiary/aromatic N) is 2. The van der Waals surface area contributed by atoms with Crippen LogP contribution in [0.25, 0.3) is 76.5 Å². The van der Waals surface area contributed by atoms with Crippen LogP contribution in [0.2, 0.25) is 0 Å². The first kappa shape index (κ1) is 37.7. The number of rotatable bonds is 7. The van der Waals surface area contributed by atoms with Crippen molar-refractivity contribution < 1.29 is 8.83 Å². The Balaban J connectivity index is 1.04. The molecule has 0 N–H and O–H groups in total. The van der Waals surface area contributed by atoms with E-state index >= 15 is 0 Å². The lowest BCUT2D eigenvalue weighted by molar-refractivity contribution is 0.665. The third kappa shape index (κ3) is 6.06. The number of aryl methyl sites for hydroxylation is 4. The fourth-order valence-electron chi connectivity index (χ4n) is 10.1. The highest BCUT2D eigenvalue weighted by atomic mass is 16.3. The summed E-state index contributed by atoms with van der Waals surface area (Å²) in [7, 11) is 0. The van der Waals surface area contributed by atoms with Gasteiger partial charge in [0.1, 0.15) is 22.3 Å². The summed E-state index contributed by atoms with van der Waals surface area (Å²) >= 11 is 0. The van der Waals surface area contributed by atoms with E-state index in [9.17, 15) is 0 Å². The Bertz CT molecular complexity index is 3620. The van der Waals surface area contributed by atoms with Crippen molar-refractivity contribution in [2.45, 2.75) is 27.7 Å². The van der Waals surface area contributed by atoms with Crippen LogP contribution < -0.4 is 9.80 Å². The van der Waals surface area contributed by atoms with E-state index in [0.717, 1.165) is 99.3 Å². The number of hydrogen-bond donors (Lipinski definition) is 0. The molecule has 0 saturated heterocycles. The van der Waals surface area contributed by atoms with E-state index in [1.807, 2.05) is 0 Å². The Hall–Kier alpha value is -8.08. The van der Waals surface area contributed by atoms with E-state index in [2.05, 4.69) is 232 Å². The van der Waals surface area contributed by atoms with Gasteiger partial charge in [0.25, 0.3) is 0 Å². The highest BCUT2D eigenvalue weighted by Crippen LogP contribution is 2.48. The molecule has 0 spiro atoms. The number of hydrogen-bond acceptors (Lipinski definition) is 4. The van der Waals surface area contributed by atoms with Crippen LogP contribution >= 0.6 is 0 Å². The van der Waals surface area contributed by atoms with Crippen LogP contribution in [0.3, 0.4) is 0 Å². The first-order valence-corrected chi connectivity index (χ1v) is 22.0. The van der Waals surface area contributed by atoms with Gasteiger partial charge in [-0.2, -0.15) is 0 Å². The monoisotopic (exact) mass is 824 g/mol. The van der Waals surface area contributed by atoms with Crippen LogP contribution in [0.15, 0.2) is 203 Å². The predicted molar refractivity (Wildman–Crippen MR) is 270 cm³/mol. The highest BCUT2D eigenvalue weighted by molar-refractivity contribution is 6.25. The third-order valence-corrected chi connectivity index (χ3v) is 13.0. The normalized spacial score (nSPS) is 11.8. The smallest absolute Gasteiger partial charge is 0.144 e. The minimum atomic E-state index is 0.837. The second-order valence-corrected chi connectivity index (χ2v) is 17.2. The van der Waals surface area contributed by atoms with Gasteiger partial charge in [0.2, 0.25) is 0 Å². The lowest BCUT2D eigenvalue weighted by Gasteiger charge is -2.29. The fourth-order valence-corrected chi connectivity index (χ4v) is 10.1. The van der Waals surface area contributed by atoms with Gasteiger partial charge < -0.3 is 18.6 Å². The second kappa shape index (κ2) is 14.8. The van der Waals surface area contributed by atoms with Crippen LogP contribution in [0.1, 0.15) is 22.3 Å². The molecule has 10 aromatic carbocycles. The van der Waals surface area contributed by atoms with Gasteiger partial charge in [-0.3, -0.25) is 0 Å². The van der Waals surface area contributed by atoms with Crippen molar-refractivity contribution in [2.24, 2.45) is 0 Å². The molecule has 12 aromatic rings. The van der Waals surface area contributed by atoms with E-state index < -0.39 is 0 Å². The molecule has 0 atom stereocenters. The van der Waals surface area contributed by atoms with Gasteiger partial charge >= 0.3 is 0 Å². The molecule has 2 aromatic heterocycles. The van der Waals surface area contributed by atoms with Crippen LogP contribution in [0.4, 0.5) is 34.1 Å². The molecule has 0 aliphatic heterocycles. The lowest BCUT2D eigenvalue weighted by atomic mass is 9.95. The molecule has 0 fully saturated rings. The summed E-state index contributed by atoms with van der Waals surface area (Å²) in [6.45, 7) is 8.75. The quantitative estimate of drug-likeness (QED) is 0.160. The zero-order valence-electron chi connectivity index (χ0n) is 36.2. The van der Waals surface area contributed by atoms with Crippen molar-refractivity contribution in [3.8, 4) is 11.1 Å². The predicted octanol–water partition coefficient (Wildman–Crippen LogP) is 17.6. The van der Waals surface area contributed by atoms with E-state index in [0.29, 0.717) is 0 Å². The SMILES string of the molecule is Cc1cccc(C)c1N(c1ccccc1)c1ccc2cc3c(cc2c1)oc1c(-c2ccccc2)c2c(cc13)oc1cc3cc(N(c4ccccc4)c4c(C)cccc4C)ccc3cc12. The largest absolute Gasteiger partial charge is 0.456 e. The van der Waals surface area contributed by atoms with Crippen molar-refractivity contribution in [1.82, 2.24) is 0 Å². The zero-order chi connectivity index (χ0) is 43.1. The van der Waals surface area contributed by atoms with Gasteiger partial charge in [-0.25, -0.2) is 0 Å². The summed E-state index contributed by atoms with van der Waals surface area (Å²) in [6.07, 6.45) is 0. The van der Waals surface area contributed by atoms with Crippen LogP contribution in [-0.2, 0) is 0 Å². The minimum Gasteiger partial charge on any atom is -0.456 e. The van der Waals surface area contributed by atoms with E-state index in [1.54, 1.807) is 0 Å². The molecule has 12 rings (SSSR count). The van der Waals surface area contributed by atoms with Crippen molar-refractivity contribution in [3.63, 3.8) is 0 Å². The maximum Gasteiger partial charge on any atom is 0.144 e. The lowest BCUT2D eigenvalue weighted by Crippen LogP contribution is -2.12. The second-order valence-electron chi connectivity index (χ2n) is 17.2. The molecule has 0 saturated carbocycles. The zero-order valence-corrected chi connectivity index (χ0v) is 36.2. The summed E-state index contributed by atoms with van der Waals surface area (Å²) in [4.78, 5) is 4.74. The summed E-state index contributed by atoms with van der Waals surface area (Å²) in [5.74, 6) is 0. The standard InChI is InChI=1S/C60H44N2O2/c1-37-16-14-17-38(2)58(37)61(46-22-10-6-11-23-46)48-28-26-42-32-50-51-36-55-57(56(41-20-8-5-9-21-41)60(51)64-53(50)34-44(42)30-48)52-33-43-27-29-49(31-45(43)35-54(52)63-55)62(47-24-12-7-13-25-47)59-39(3)18-15-19-40(59)4/h5-36H,1-4H3. The summed E-state index contributed by atoms with van der Waals surface area (Å²) < 4.78 is 14.0. The molecule has 0 aliphatic carbocycles. The number of benzene rings is 10. The molecule has 2 heterocycles. The van der Waals surface area contributed by atoms with Crippen molar-refractivity contribution in [1.29, 1.82) is 0 Å². The Kier molecular flexibility index (Phi) is 8.70. The number of anilines is 6. The van der Waals surface area contributed by atoms with Gasteiger partial charge in [0.05, 0.1) is 11.4 Å². The molecule has 0 unspecified atom stereocenters. The summed E-state index contributed by atoms with van der Waals surface area (Å²) in [6, 6.07) is 69.6. The van der Waals surface area contributed by atoms with Gasteiger partial charge in [0, 0.05) is 49.9 Å². The Morgan fingerprint density at radius 3 is 1.31 bits per heavy atom. The highest BCUT2D eigenvalue weighted by Gasteiger charge is 2.24. The average molecular weight is 825 g/mol. The molecule has 0 radical (unpaired) electrons. The molecule has 4 nitrogen and oxygen atoms in total. The topological polar surface area (TPSA) is 32.8 Å². The molecular formula is C60H44N2O2. The minimum absolute atomic E-state index is 0.837. The molecule has 4 heteroatoms. The van der Waals surface area contributed by atoms with Crippen LogP contribution in [0, 0.1) is 27.7 Å². The van der Waals surface area contributed by atoms with E-state index in [1.165, 1.54) is 33.6 Å². The maximum absolute atomic E-state index is 7.05. The number of fused-ring (bicyclic) bond motifs is 8. The summed E-state index contributed by atoms with van der Waals surface area (Å²) in [5.41, 5.74) is 17.2. The summed E-state index contributed by atoms with van der Waals surface area (Å²) in [5, 5.41) is 8.73. The molecule has 0 aliphatic rings. The number of para-hydroxylation sites is 4. The van der Waals surface area contributed by atoms with Crippen molar-refractivity contribution in [2.75, 3.05) is 9.80 Å². The first-order chi connectivity index (χ1) is 31.4. The van der Waals surface area contributed by atoms with E-state index in [4.69, 9.17) is 8.83 Å². The Morgan fingerprint density at radius 1 is 0.328 bits per heavy atom. The Labute approximate surface area is 371 Å². The van der Waals surface area contributed by atoms with E-state index in [-0.39, 0.29) is 0 Å². The molecule has 64 heavy (non-hydrogen) atoms. The van der Waals surface area contributed by atoms with Gasteiger partial charge in [0.15, 0.2) is 0 Å². The molecular weight excluding hydrogens is 781 g/mol. The number of furan rings is 2. The van der Waals surface area contributed by atoms with Crippen LogP contribution in [0.5, 0.6) is 0 Å².